The summed E-state index contributed by atoms with van der Waals surface area (Å²) in [7, 11) is 0. The van der Waals surface area contributed by atoms with Gasteiger partial charge in [0.15, 0.2) is 0 Å². The molecule has 17 heavy (non-hydrogen) atoms. The zero-order valence-electron chi connectivity index (χ0n) is 11.3. The number of aliphatic imine (C=N–C) groups is 1. The van der Waals surface area contributed by atoms with E-state index in [1.54, 1.807) is 0 Å². The minimum Gasteiger partial charge on any atom is -0.481 e. The van der Waals surface area contributed by atoms with Crippen LogP contribution in [-0.4, -0.2) is 17.3 Å². The Morgan fingerprint density at radius 1 is 1.35 bits per heavy atom. The van der Waals surface area contributed by atoms with Crippen molar-refractivity contribution in [1.82, 2.24) is 0 Å². The maximum atomic E-state index is 11.1. The number of carboxylic acids is 1. The molecule has 0 saturated carbocycles. The first-order valence-electron chi connectivity index (χ1n) is 6.56. The largest absolute Gasteiger partial charge is 0.481 e. The zero-order valence-corrected chi connectivity index (χ0v) is 11.3. The molecule has 0 unspecified atom stereocenters. The van der Waals surface area contributed by atoms with E-state index in [-0.39, 0.29) is 5.92 Å². The number of carboxylic acid groups (broad SMARTS) is 1. The predicted molar refractivity (Wildman–Crippen MR) is 72.4 cm³/mol. The summed E-state index contributed by atoms with van der Waals surface area (Å²) in [5.41, 5.74) is 0.891. The molecule has 0 aromatic carbocycles. The lowest BCUT2D eigenvalue weighted by Gasteiger charge is -2.11. The van der Waals surface area contributed by atoms with Gasteiger partial charge in [-0.1, -0.05) is 39.2 Å². The fourth-order valence-corrected chi connectivity index (χ4v) is 1.57. The van der Waals surface area contributed by atoms with Crippen LogP contribution in [0.3, 0.4) is 0 Å². The number of nitrogens with zero attached hydrogens (tertiary/aromatic N) is 1. The lowest BCUT2D eigenvalue weighted by molar-refractivity contribution is -0.142. The van der Waals surface area contributed by atoms with Crippen LogP contribution in [0.2, 0.25) is 0 Å². The third kappa shape index (κ3) is 7.72. The Labute approximate surface area is 105 Å². The van der Waals surface area contributed by atoms with E-state index >= 15 is 0 Å². The van der Waals surface area contributed by atoms with E-state index in [9.17, 15) is 4.79 Å². The number of carbonyl (C=O) groups is 1. The van der Waals surface area contributed by atoms with Gasteiger partial charge >= 0.3 is 5.97 Å². The van der Waals surface area contributed by atoms with Gasteiger partial charge in [0.25, 0.3) is 0 Å². The second-order valence-electron chi connectivity index (χ2n) is 4.26. The van der Waals surface area contributed by atoms with E-state index in [0.717, 1.165) is 37.8 Å². The Morgan fingerprint density at radius 2 is 2.06 bits per heavy atom. The van der Waals surface area contributed by atoms with Gasteiger partial charge in [0, 0.05) is 18.3 Å². The molecule has 1 atom stereocenters. The molecule has 0 saturated heterocycles. The highest BCUT2D eigenvalue weighted by atomic mass is 16.4. The molecular formula is C14H25NO2. The highest BCUT2D eigenvalue weighted by Gasteiger charge is 2.17. The maximum absolute atomic E-state index is 11.1. The Kier molecular flexibility index (Phi) is 9.40. The van der Waals surface area contributed by atoms with Crippen LogP contribution in [0.1, 0.15) is 59.3 Å². The highest BCUT2D eigenvalue weighted by molar-refractivity contribution is 5.70. The number of aliphatic carboxylic acids is 1. The van der Waals surface area contributed by atoms with E-state index in [1.807, 2.05) is 19.2 Å². The second-order valence-corrected chi connectivity index (χ2v) is 4.26. The minimum atomic E-state index is -0.705. The van der Waals surface area contributed by atoms with Gasteiger partial charge < -0.3 is 5.11 Å². The van der Waals surface area contributed by atoms with Gasteiger partial charge in [-0.3, -0.25) is 9.79 Å². The highest BCUT2D eigenvalue weighted by Crippen LogP contribution is 2.19. The van der Waals surface area contributed by atoms with Crippen LogP contribution < -0.4 is 0 Å². The topological polar surface area (TPSA) is 49.7 Å². The third-order valence-electron chi connectivity index (χ3n) is 2.72. The van der Waals surface area contributed by atoms with E-state index in [0.29, 0.717) is 6.42 Å². The fraction of sp³-hybridized carbons (Fsp3) is 0.714. The van der Waals surface area contributed by atoms with Crippen molar-refractivity contribution >= 4 is 12.2 Å². The molecule has 0 heterocycles. The first-order chi connectivity index (χ1) is 8.15. The van der Waals surface area contributed by atoms with Crippen LogP contribution in [0.15, 0.2) is 16.8 Å². The smallest absolute Gasteiger partial charge is 0.306 e. The lowest BCUT2D eigenvalue weighted by atomic mass is 9.97. The van der Waals surface area contributed by atoms with Gasteiger partial charge in [-0.2, -0.15) is 0 Å². The number of unbranched alkanes of at least 4 members (excludes halogenated alkanes) is 2. The van der Waals surface area contributed by atoms with Crippen molar-refractivity contribution in [2.45, 2.75) is 59.3 Å². The standard InChI is InChI=1S/C14H25NO2/c1-4-7-9-12(14(16)17)11-13(6-3)15-10-8-5-2/h6,10,12H,4-5,7-9,11H2,1-3H3,(H,16,17)/b13-6-,15-10?/t12-/m0/s1. The molecule has 3 nitrogen and oxygen atoms in total. The van der Waals surface area contributed by atoms with Crippen molar-refractivity contribution in [3.63, 3.8) is 0 Å². The van der Waals surface area contributed by atoms with Crippen LogP contribution in [0.4, 0.5) is 0 Å². The Bertz CT molecular complexity index is 269. The van der Waals surface area contributed by atoms with Crippen LogP contribution in [0, 0.1) is 5.92 Å². The molecule has 0 amide bonds. The molecule has 0 aliphatic carbocycles. The summed E-state index contributed by atoms with van der Waals surface area (Å²) in [6.45, 7) is 6.09. The Hall–Kier alpha value is -1.12. The average molecular weight is 239 g/mol. The summed E-state index contributed by atoms with van der Waals surface area (Å²) in [5.74, 6) is -0.997. The SMILES string of the molecule is C/C=C(/C[C@H](CCCC)C(=O)O)N=CCCC. The molecule has 0 radical (unpaired) electrons. The third-order valence-corrected chi connectivity index (χ3v) is 2.72. The van der Waals surface area contributed by atoms with Crippen molar-refractivity contribution in [3.8, 4) is 0 Å². The van der Waals surface area contributed by atoms with Gasteiger partial charge in [0.2, 0.25) is 0 Å². The molecule has 0 aliphatic heterocycles. The summed E-state index contributed by atoms with van der Waals surface area (Å²) in [5, 5.41) is 9.14. The maximum Gasteiger partial charge on any atom is 0.306 e. The molecule has 0 aromatic rings. The molecule has 3 heteroatoms. The van der Waals surface area contributed by atoms with E-state index in [4.69, 9.17) is 5.11 Å². The fourth-order valence-electron chi connectivity index (χ4n) is 1.57. The summed E-state index contributed by atoms with van der Waals surface area (Å²) in [6, 6.07) is 0. The second kappa shape index (κ2) is 10.1. The van der Waals surface area contributed by atoms with Crippen LogP contribution in [0.5, 0.6) is 0 Å². The molecule has 0 bridgehead atoms. The van der Waals surface area contributed by atoms with Crippen LogP contribution in [-0.2, 0) is 4.79 Å². The van der Waals surface area contributed by atoms with Crippen molar-refractivity contribution in [1.29, 1.82) is 0 Å². The molecule has 0 aromatic heterocycles. The number of allylic oxidation sites excluding steroid dienone is 2. The number of rotatable bonds is 9. The van der Waals surface area contributed by atoms with E-state index in [2.05, 4.69) is 18.8 Å². The van der Waals surface area contributed by atoms with Crippen LogP contribution in [0.25, 0.3) is 0 Å². The molecule has 0 aliphatic rings. The van der Waals surface area contributed by atoms with Gasteiger partial charge in [-0.15, -0.1) is 0 Å². The quantitative estimate of drug-likeness (QED) is 0.617. The molecule has 0 rings (SSSR count). The summed E-state index contributed by atoms with van der Waals surface area (Å²) < 4.78 is 0. The molecular weight excluding hydrogens is 214 g/mol. The van der Waals surface area contributed by atoms with Gasteiger partial charge in [-0.25, -0.2) is 0 Å². The summed E-state index contributed by atoms with van der Waals surface area (Å²) in [4.78, 5) is 15.4. The lowest BCUT2D eigenvalue weighted by Crippen LogP contribution is -2.14. The van der Waals surface area contributed by atoms with Crippen molar-refractivity contribution in [2.75, 3.05) is 0 Å². The summed E-state index contributed by atoms with van der Waals surface area (Å²) in [6.07, 6.45) is 9.10. The van der Waals surface area contributed by atoms with Gasteiger partial charge in [-0.05, 0) is 19.8 Å². The first-order valence-corrected chi connectivity index (χ1v) is 6.56. The van der Waals surface area contributed by atoms with Gasteiger partial charge in [0.05, 0.1) is 5.92 Å². The normalized spacial score (nSPS) is 14.2. The van der Waals surface area contributed by atoms with Gasteiger partial charge in [0.1, 0.15) is 0 Å². The molecule has 0 spiro atoms. The number of hydrogen-bond acceptors (Lipinski definition) is 2. The zero-order chi connectivity index (χ0) is 13.1. The first kappa shape index (κ1) is 15.9. The van der Waals surface area contributed by atoms with E-state index in [1.165, 1.54) is 0 Å². The minimum absolute atomic E-state index is 0.292. The molecule has 98 valence electrons. The predicted octanol–water partition coefficient (Wildman–Crippen LogP) is 4.04. The average Bonchev–Trinajstić information content (AvgIpc) is 2.32. The van der Waals surface area contributed by atoms with Crippen molar-refractivity contribution in [3.05, 3.63) is 11.8 Å². The van der Waals surface area contributed by atoms with Crippen molar-refractivity contribution in [2.24, 2.45) is 10.9 Å². The monoisotopic (exact) mass is 239 g/mol. The van der Waals surface area contributed by atoms with E-state index < -0.39 is 5.97 Å². The van der Waals surface area contributed by atoms with Crippen LogP contribution >= 0.6 is 0 Å². The molecule has 0 fully saturated rings. The Balaban J connectivity index is 4.34. The van der Waals surface area contributed by atoms with Crippen molar-refractivity contribution < 1.29 is 9.90 Å². The summed E-state index contributed by atoms with van der Waals surface area (Å²) >= 11 is 0. The molecule has 1 N–H and O–H groups in total. The number of hydrogen-bond donors (Lipinski definition) is 1. The Morgan fingerprint density at radius 3 is 2.53 bits per heavy atom.